The van der Waals surface area contributed by atoms with Gasteiger partial charge in [0.25, 0.3) is 0 Å². The molecule has 1 atom stereocenters. The molecule has 7 nitrogen and oxygen atoms in total. The molecular weight excluding hydrogens is 230 g/mol. The smallest absolute Gasteiger partial charge is 0.182 e. The topological polar surface area (TPSA) is 95.2 Å². The van der Waals surface area contributed by atoms with Crippen LogP contribution >= 0.6 is 0 Å². The molecule has 0 spiro atoms. The average Bonchev–Trinajstić information content (AvgIpc) is 3.06. The fourth-order valence-electron chi connectivity index (χ4n) is 1.87. The normalized spacial score (nSPS) is 12.7. The molecule has 7 heteroatoms. The lowest BCUT2D eigenvalue weighted by Crippen LogP contribution is -2.12. The van der Waals surface area contributed by atoms with Crippen molar-refractivity contribution in [1.82, 2.24) is 29.9 Å². The quantitative estimate of drug-likeness (QED) is 0.647. The third-order valence-electron chi connectivity index (χ3n) is 2.79. The Bertz CT molecular complexity index is 628. The molecule has 0 amide bonds. The number of aromatic nitrogens is 6. The Morgan fingerprint density at radius 1 is 1.22 bits per heavy atom. The third kappa shape index (κ3) is 1.79. The van der Waals surface area contributed by atoms with Crippen molar-refractivity contribution >= 4 is 17.0 Å². The van der Waals surface area contributed by atoms with Crippen LogP contribution in [0.2, 0.25) is 0 Å². The molecule has 0 aliphatic rings. The summed E-state index contributed by atoms with van der Waals surface area (Å²) in [5, 5.41) is 3.34. The average molecular weight is 243 g/mol. The Hall–Kier alpha value is -2.44. The minimum absolute atomic E-state index is 0.0846. The molecule has 18 heavy (non-hydrogen) atoms. The van der Waals surface area contributed by atoms with Crippen molar-refractivity contribution in [3.63, 3.8) is 0 Å². The van der Waals surface area contributed by atoms with Crippen LogP contribution in [0, 0.1) is 0 Å². The van der Waals surface area contributed by atoms with Gasteiger partial charge in [0.15, 0.2) is 11.5 Å². The SMILES string of the molecule is CCC(Nc1ncnc2nc[nH]c12)c1ncc[nH]1. The van der Waals surface area contributed by atoms with E-state index in [0.29, 0.717) is 5.65 Å². The van der Waals surface area contributed by atoms with Crippen molar-refractivity contribution in [3.8, 4) is 0 Å². The van der Waals surface area contributed by atoms with Crippen molar-refractivity contribution < 1.29 is 0 Å². The second kappa shape index (κ2) is 4.44. The monoisotopic (exact) mass is 243 g/mol. The number of fused-ring (bicyclic) bond motifs is 1. The zero-order chi connectivity index (χ0) is 12.4. The highest BCUT2D eigenvalue weighted by atomic mass is 15.1. The number of H-pyrrole nitrogens is 2. The molecule has 0 bridgehead atoms. The van der Waals surface area contributed by atoms with E-state index in [4.69, 9.17) is 0 Å². The molecule has 0 saturated carbocycles. The van der Waals surface area contributed by atoms with Gasteiger partial charge in [-0.1, -0.05) is 6.92 Å². The predicted molar refractivity (Wildman–Crippen MR) is 66.9 cm³/mol. The number of hydrogen-bond donors (Lipinski definition) is 3. The zero-order valence-electron chi connectivity index (χ0n) is 9.88. The summed E-state index contributed by atoms with van der Waals surface area (Å²) in [7, 11) is 0. The van der Waals surface area contributed by atoms with Crippen LogP contribution in [-0.4, -0.2) is 29.9 Å². The van der Waals surface area contributed by atoms with Crippen molar-refractivity contribution in [2.45, 2.75) is 19.4 Å². The molecule has 3 aromatic rings. The number of imidazole rings is 2. The summed E-state index contributed by atoms with van der Waals surface area (Å²) in [6, 6.07) is 0.0846. The van der Waals surface area contributed by atoms with Crippen LogP contribution in [0.1, 0.15) is 25.2 Å². The molecule has 3 heterocycles. The van der Waals surface area contributed by atoms with Gasteiger partial charge in [-0.05, 0) is 6.42 Å². The second-order valence-electron chi connectivity index (χ2n) is 3.90. The zero-order valence-corrected chi connectivity index (χ0v) is 9.88. The van der Waals surface area contributed by atoms with E-state index in [1.807, 2.05) is 6.20 Å². The Morgan fingerprint density at radius 2 is 2.17 bits per heavy atom. The summed E-state index contributed by atoms with van der Waals surface area (Å²) < 4.78 is 0. The summed E-state index contributed by atoms with van der Waals surface area (Å²) in [5.74, 6) is 1.63. The lowest BCUT2D eigenvalue weighted by molar-refractivity contribution is 0.701. The van der Waals surface area contributed by atoms with Crippen LogP contribution < -0.4 is 5.32 Å². The first-order valence-electron chi connectivity index (χ1n) is 5.78. The lowest BCUT2D eigenvalue weighted by Gasteiger charge is -2.15. The molecule has 0 saturated heterocycles. The fraction of sp³-hybridized carbons (Fsp3) is 0.273. The van der Waals surface area contributed by atoms with Gasteiger partial charge >= 0.3 is 0 Å². The fourth-order valence-corrected chi connectivity index (χ4v) is 1.87. The van der Waals surface area contributed by atoms with Crippen molar-refractivity contribution in [3.05, 3.63) is 30.9 Å². The van der Waals surface area contributed by atoms with Crippen LogP contribution in [0.4, 0.5) is 5.82 Å². The van der Waals surface area contributed by atoms with Gasteiger partial charge in [0.05, 0.1) is 12.4 Å². The number of nitrogens with one attached hydrogen (secondary N) is 3. The van der Waals surface area contributed by atoms with Gasteiger partial charge in [0.1, 0.15) is 17.7 Å². The van der Waals surface area contributed by atoms with E-state index in [-0.39, 0.29) is 6.04 Å². The van der Waals surface area contributed by atoms with E-state index in [0.717, 1.165) is 23.6 Å². The molecule has 1 unspecified atom stereocenters. The van der Waals surface area contributed by atoms with Crippen LogP contribution in [0.25, 0.3) is 11.2 Å². The molecule has 0 aromatic carbocycles. The second-order valence-corrected chi connectivity index (χ2v) is 3.90. The predicted octanol–water partition coefficient (Wildman–Crippen LogP) is 1.64. The first-order valence-corrected chi connectivity index (χ1v) is 5.78. The summed E-state index contributed by atoms with van der Waals surface area (Å²) >= 11 is 0. The van der Waals surface area contributed by atoms with E-state index in [1.54, 1.807) is 12.5 Å². The molecule has 3 rings (SSSR count). The van der Waals surface area contributed by atoms with E-state index in [2.05, 4.69) is 42.1 Å². The van der Waals surface area contributed by atoms with Crippen LogP contribution in [0.15, 0.2) is 25.0 Å². The molecule has 92 valence electrons. The molecule has 3 N–H and O–H groups in total. The van der Waals surface area contributed by atoms with Gasteiger partial charge < -0.3 is 15.3 Å². The van der Waals surface area contributed by atoms with E-state index in [9.17, 15) is 0 Å². The molecular formula is C11H13N7. The van der Waals surface area contributed by atoms with Crippen molar-refractivity contribution in [1.29, 1.82) is 0 Å². The van der Waals surface area contributed by atoms with Gasteiger partial charge in [-0.25, -0.2) is 19.9 Å². The summed E-state index contributed by atoms with van der Waals surface area (Å²) in [5.41, 5.74) is 1.46. The van der Waals surface area contributed by atoms with E-state index < -0.39 is 0 Å². The van der Waals surface area contributed by atoms with Crippen LogP contribution in [-0.2, 0) is 0 Å². The number of nitrogens with zero attached hydrogens (tertiary/aromatic N) is 4. The first-order chi connectivity index (χ1) is 8.88. The minimum Gasteiger partial charge on any atom is -0.358 e. The first kappa shape index (κ1) is 10.7. The highest BCUT2D eigenvalue weighted by molar-refractivity contribution is 5.82. The molecule has 0 aliphatic carbocycles. The molecule has 0 aliphatic heterocycles. The molecule has 3 aromatic heterocycles. The molecule has 0 fully saturated rings. The maximum Gasteiger partial charge on any atom is 0.182 e. The highest BCUT2D eigenvalue weighted by Crippen LogP contribution is 2.22. The Labute approximate surface area is 103 Å². The largest absolute Gasteiger partial charge is 0.358 e. The maximum atomic E-state index is 4.26. The van der Waals surface area contributed by atoms with Gasteiger partial charge in [-0.2, -0.15) is 0 Å². The maximum absolute atomic E-state index is 4.26. The third-order valence-corrected chi connectivity index (χ3v) is 2.79. The number of anilines is 1. The number of aromatic amines is 2. The van der Waals surface area contributed by atoms with Crippen LogP contribution in [0.5, 0.6) is 0 Å². The Morgan fingerprint density at radius 3 is 2.94 bits per heavy atom. The van der Waals surface area contributed by atoms with Crippen LogP contribution in [0.3, 0.4) is 0 Å². The summed E-state index contributed by atoms with van der Waals surface area (Å²) in [6.45, 7) is 2.09. The number of hydrogen-bond acceptors (Lipinski definition) is 5. The van der Waals surface area contributed by atoms with Gasteiger partial charge in [0, 0.05) is 12.4 Å². The van der Waals surface area contributed by atoms with Gasteiger partial charge in [0.2, 0.25) is 0 Å². The Kier molecular flexibility index (Phi) is 2.64. The molecule has 0 radical (unpaired) electrons. The van der Waals surface area contributed by atoms with E-state index >= 15 is 0 Å². The van der Waals surface area contributed by atoms with Gasteiger partial charge in [-0.15, -0.1) is 0 Å². The standard InChI is InChI=1S/C11H13N7/c1-2-7(9-12-3-4-13-9)18-11-8-10(15-5-14-8)16-6-17-11/h3-7H,2H2,1H3,(H,12,13)(H2,14,15,16,17,18). The van der Waals surface area contributed by atoms with Crippen molar-refractivity contribution in [2.75, 3.05) is 5.32 Å². The Balaban J connectivity index is 1.93. The lowest BCUT2D eigenvalue weighted by atomic mass is 10.2. The highest BCUT2D eigenvalue weighted by Gasteiger charge is 2.14. The number of rotatable bonds is 4. The van der Waals surface area contributed by atoms with Gasteiger partial charge in [-0.3, -0.25) is 0 Å². The summed E-state index contributed by atoms with van der Waals surface area (Å²) in [4.78, 5) is 22.8. The minimum atomic E-state index is 0.0846. The van der Waals surface area contributed by atoms with Crippen molar-refractivity contribution in [2.24, 2.45) is 0 Å². The summed E-state index contributed by atoms with van der Waals surface area (Å²) in [6.07, 6.45) is 7.56. The van der Waals surface area contributed by atoms with E-state index in [1.165, 1.54) is 6.33 Å².